The first-order chi connectivity index (χ1) is 13.9. The Labute approximate surface area is 170 Å². The fourth-order valence-corrected chi connectivity index (χ4v) is 5.01. The number of piperazine rings is 1. The van der Waals surface area contributed by atoms with Crippen LogP contribution in [0.4, 0.5) is 5.82 Å². The van der Waals surface area contributed by atoms with E-state index < -0.39 is 10.0 Å². The first kappa shape index (κ1) is 19.8. The van der Waals surface area contributed by atoms with Crippen LogP contribution < -0.4 is 9.64 Å². The van der Waals surface area contributed by atoms with Crippen molar-refractivity contribution in [1.82, 2.24) is 14.2 Å². The Morgan fingerprint density at radius 3 is 2.59 bits per heavy atom. The summed E-state index contributed by atoms with van der Waals surface area (Å²) < 4.78 is 33.7. The van der Waals surface area contributed by atoms with Gasteiger partial charge in [-0.15, -0.1) is 0 Å². The fourth-order valence-electron chi connectivity index (χ4n) is 3.56. The van der Waals surface area contributed by atoms with Crippen LogP contribution in [0, 0.1) is 0 Å². The lowest BCUT2D eigenvalue weighted by molar-refractivity contribution is 0.0986. The highest BCUT2D eigenvalue weighted by atomic mass is 32.2. The zero-order valence-corrected chi connectivity index (χ0v) is 17.4. The van der Waals surface area contributed by atoms with Crippen LogP contribution in [0.5, 0.6) is 11.5 Å². The summed E-state index contributed by atoms with van der Waals surface area (Å²) in [5.41, 5.74) is 0.228. The van der Waals surface area contributed by atoms with Gasteiger partial charge in [-0.05, 0) is 43.8 Å². The van der Waals surface area contributed by atoms with Crippen molar-refractivity contribution in [1.29, 1.82) is 0 Å². The third-order valence-corrected chi connectivity index (χ3v) is 7.09. The first-order valence-corrected chi connectivity index (χ1v) is 11.1. The molecule has 2 aliphatic rings. The molecular weight excluding hydrogens is 392 g/mol. The van der Waals surface area contributed by atoms with Crippen LogP contribution in [-0.4, -0.2) is 68.3 Å². The maximum Gasteiger partial charge on any atom is 0.263 e. The van der Waals surface area contributed by atoms with E-state index in [0.29, 0.717) is 50.0 Å². The predicted molar refractivity (Wildman–Crippen MR) is 109 cm³/mol. The molecule has 0 atom stereocenters. The number of pyridine rings is 1. The molecule has 0 bridgehead atoms. The van der Waals surface area contributed by atoms with E-state index in [1.807, 2.05) is 14.0 Å². The smallest absolute Gasteiger partial charge is 0.263 e. The van der Waals surface area contributed by atoms with Crippen LogP contribution in [-0.2, 0) is 10.0 Å². The van der Waals surface area contributed by atoms with E-state index in [9.17, 15) is 13.2 Å². The molecule has 1 aromatic heterocycles. The number of fused-ring (bicyclic) bond motifs is 2. The molecule has 2 aliphatic heterocycles. The van der Waals surface area contributed by atoms with Crippen LogP contribution in [0.25, 0.3) is 0 Å². The lowest BCUT2D eigenvalue weighted by atomic mass is 10.1. The number of rotatable bonds is 4. The molecular formula is C20H24N4O4S. The van der Waals surface area contributed by atoms with Crippen molar-refractivity contribution in [3.05, 3.63) is 42.1 Å². The molecule has 1 amide bonds. The summed E-state index contributed by atoms with van der Waals surface area (Å²) in [7, 11) is -1.72. The second-order valence-corrected chi connectivity index (χ2v) is 9.19. The molecule has 1 saturated heterocycles. The number of amides is 1. The zero-order chi connectivity index (χ0) is 20.6. The molecule has 9 heteroatoms. The summed E-state index contributed by atoms with van der Waals surface area (Å²) in [5.74, 6) is 0.941. The van der Waals surface area contributed by atoms with Crippen LogP contribution in [0.1, 0.15) is 23.7 Å². The van der Waals surface area contributed by atoms with E-state index in [2.05, 4.69) is 9.88 Å². The van der Waals surface area contributed by atoms with Crippen molar-refractivity contribution in [2.75, 3.05) is 44.7 Å². The van der Waals surface area contributed by atoms with Gasteiger partial charge in [0.1, 0.15) is 5.75 Å². The van der Waals surface area contributed by atoms with Gasteiger partial charge in [0.25, 0.3) is 5.91 Å². The maximum atomic E-state index is 13.3. The minimum Gasteiger partial charge on any atom is -0.453 e. The van der Waals surface area contributed by atoms with Gasteiger partial charge in [-0.3, -0.25) is 9.69 Å². The van der Waals surface area contributed by atoms with Crippen molar-refractivity contribution in [2.45, 2.75) is 18.2 Å². The quantitative estimate of drug-likeness (QED) is 0.760. The number of benzene rings is 1. The average Bonchev–Trinajstić information content (AvgIpc) is 2.83. The van der Waals surface area contributed by atoms with Crippen LogP contribution in [0.15, 0.2) is 41.4 Å². The summed E-state index contributed by atoms with van der Waals surface area (Å²) in [6.07, 6.45) is 2.34. The molecule has 1 aromatic carbocycles. The normalized spacial score (nSPS) is 18.0. The number of carbonyl (C=O) groups excluding carboxylic acids is 1. The lowest BCUT2D eigenvalue weighted by Gasteiger charge is -2.31. The second kappa shape index (κ2) is 7.74. The number of ether oxygens (including phenoxy) is 1. The van der Waals surface area contributed by atoms with Crippen molar-refractivity contribution in [3.8, 4) is 11.5 Å². The van der Waals surface area contributed by atoms with E-state index in [4.69, 9.17) is 4.74 Å². The molecule has 154 valence electrons. The molecule has 2 aromatic rings. The topological polar surface area (TPSA) is 83.1 Å². The van der Waals surface area contributed by atoms with Gasteiger partial charge in [0.2, 0.25) is 10.0 Å². The Balaban J connectivity index is 1.75. The maximum absolute atomic E-state index is 13.3. The third kappa shape index (κ3) is 3.61. The Hall–Kier alpha value is -2.49. The van der Waals surface area contributed by atoms with Gasteiger partial charge in [-0.2, -0.15) is 4.31 Å². The molecule has 0 radical (unpaired) electrons. The van der Waals surface area contributed by atoms with E-state index in [-0.39, 0.29) is 16.4 Å². The lowest BCUT2D eigenvalue weighted by Crippen LogP contribution is -2.47. The molecule has 29 heavy (non-hydrogen) atoms. The molecule has 0 saturated carbocycles. The molecule has 0 unspecified atom stereocenters. The van der Waals surface area contributed by atoms with Crippen LogP contribution in [0.3, 0.4) is 0 Å². The summed E-state index contributed by atoms with van der Waals surface area (Å²) in [6.45, 7) is 4.64. The minimum atomic E-state index is -3.69. The predicted octanol–water partition coefficient (Wildman–Crippen LogP) is 2.18. The summed E-state index contributed by atoms with van der Waals surface area (Å²) in [5, 5.41) is 0. The first-order valence-electron chi connectivity index (χ1n) is 9.69. The Kier molecular flexibility index (Phi) is 5.28. The van der Waals surface area contributed by atoms with Crippen LogP contribution in [0.2, 0.25) is 0 Å². The molecule has 4 rings (SSSR count). The van der Waals surface area contributed by atoms with Gasteiger partial charge in [0.05, 0.1) is 10.5 Å². The number of sulfonamides is 1. The number of aromatic nitrogens is 1. The fraction of sp³-hybridized carbons (Fsp3) is 0.400. The monoisotopic (exact) mass is 416 g/mol. The molecule has 0 aliphatic carbocycles. The van der Waals surface area contributed by atoms with E-state index in [1.165, 1.54) is 16.4 Å². The van der Waals surface area contributed by atoms with Crippen molar-refractivity contribution in [3.63, 3.8) is 0 Å². The highest BCUT2D eigenvalue weighted by Gasteiger charge is 2.32. The summed E-state index contributed by atoms with van der Waals surface area (Å²) >= 11 is 0. The number of likely N-dealkylation sites (N-methyl/N-ethyl adjacent to an activating group) is 1. The molecule has 8 nitrogen and oxygen atoms in total. The van der Waals surface area contributed by atoms with Crippen LogP contribution >= 0.6 is 0 Å². The molecule has 1 fully saturated rings. The van der Waals surface area contributed by atoms with Gasteiger partial charge in [-0.25, -0.2) is 13.4 Å². The van der Waals surface area contributed by atoms with Gasteiger partial charge < -0.3 is 9.64 Å². The highest BCUT2D eigenvalue weighted by molar-refractivity contribution is 7.89. The molecule has 3 heterocycles. The third-order valence-electron chi connectivity index (χ3n) is 5.20. The molecule has 0 N–H and O–H groups in total. The van der Waals surface area contributed by atoms with Crippen molar-refractivity contribution >= 4 is 21.7 Å². The Morgan fingerprint density at radius 1 is 1.10 bits per heavy atom. The number of carbonyl (C=O) groups is 1. The number of anilines is 1. The SMILES string of the molecule is CCCN1C(=O)c2cc(S(=O)(=O)N3CCN(C)CC3)ccc2Oc2cccnc21. The van der Waals surface area contributed by atoms with Gasteiger partial charge in [0.15, 0.2) is 11.6 Å². The van der Waals surface area contributed by atoms with Gasteiger partial charge in [0, 0.05) is 38.9 Å². The highest BCUT2D eigenvalue weighted by Crippen LogP contribution is 2.38. The van der Waals surface area contributed by atoms with E-state index >= 15 is 0 Å². The number of hydrogen-bond donors (Lipinski definition) is 0. The Bertz CT molecular complexity index is 1030. The number of nitrogens with zero attached hydrogens (tertiary/aromatic N) is 4. The zero-order valence-electron chi connectivity index (χ0n) is 16.5. The standard InChI is InChI=1S/C20H24N4O4S/c1-3-9-24-19-18(5-4-8-21-19)28-17-7-6-15(14-16(17)20(24)25)29(26,27)23-12-10-22(2)11-13-23/h4-8,14H,3,9-13H2,1-2H3. The van der Waals surface area contributed by atoms with E-state index in [1.54, 1.807) is 29.3 Å². The number of hydrogen-bond acceptors (Lipinski definition) is 6. The van der Waals surface area contributed by atoms with Crippen molar-refractivity contribution in [2.24, 2.45) is 0 Å². The largest absolute Gasteiger partial charge is 0.453 e. The minimum absolute atomic E-state index is 0.105. The average molecular weight is 417 g/mol. The second-order valence-electron chi connectivity index (χ2n) is 7.25. The van der Waals surface area contributed by atoms with Gasteiger partial charge in [-0.1, -0.05) is 6.92 Å². The van der Waals surface area contributed by atoms with Gasteiger partial charge >= 0.3 is 0 Å². The molecule has 0 spiro atoms. The summed E-state index contributed by atoms with van der Waals surface area (Å²) in [6, 6.07) is 7.99. The summed E-state index contributed by atoms with van der Waals surface area (Å²) in [4.78, 5) is 21.3. The van der Waals surface area contributed by atoms with Crippen molar-refractivity contribution < 1.29 is 17.9 Å². The van der Waals surface area contributed by atoms with E-state index in [0.717, 1.165) is 6.42 Å². The Morgan fingerprint density at radius 2 is 1.86 bits per heavy atom.